The fraction of sp³-hybridized carbons (Fsp3) is 0.444. The summed E-state index contributed by atoms with van der Waals surface area (Å²) < 4.78 is 7.12. The number of hydrogen-bond acceptors (Lipinski definition) is 5. The summed E-state index contributed by atoms with van der Waals surface area (Å²) in [6.07, 6.45) is -0.432. The normalized spacial score (nSPS) is 17.3. The summed E-state index contributed by atoms with van der Waals surface area (Å²) in [5.74, 6) is -1.02. The number of nitrogens with zero attached hydrogens (tertiary/aromatic N) is 4. The van der Waals surface area contributed by atoms with E-state index in [1.54, 1.807) is 9.58 Å². The first-order chi connectivity index (χ1) is 12.4. The molecule has 2 heterocycles. The summed E-state index contributed by atoms with van der Waals surface area (Å²) in [5, 5.41) is 17.2. The lowest BCUT2D eigenvalue weighted by Crippen LogP contribution is -2.46. The molecular weight excluding hydrogens is 336 g/mol. The summed E-state index contributed by atoms with van der Waals surface area (Å²) in [7, 11) is 0. The second kappa shape index (κ2) is 7.65. The van der Waals surface area contributed by atoms with Gasteiger partial charge in [-0.3, -0.25) is 9.59 Å². The van der Waals surface area contributed by atoms with Crippen LogP contribution in [0.25, 0.3) is 5.69 Å². The highest BCUT2D eigenvalue weighted by Crippen LogP contribution is 2.15. The van der Waals surface area contributed by atoms with Crippen molar-refractivity contribution >= 4 is 11.9 Å². The number of carboxylic acids is 1. The molecule has 0 radical (unpaired) electrons. The van der Waals surface area contributed by atoms with Gasteiger partial charge in [-0.05, 0) is 26.0 Å². The van der Waals surface area contributed by atoms with Crippen molar-refractivity contribution in [1.82, 2.24) is 19.9 Å². The number of morpholine rings is 1. The summed E-state index contributed by atoms with van der Waals surface area (Å²) in [6.45, 7) is 4.99. The van der Waals surface area contributed by atoms with Gasteiger partial charge >= 0.3 is 5.97 Å². The first-order valence-electron chi connectivity index (χ1n) is 8.53. The average molecular weight is 358 g/mol. The number of hydrogen-bond donors (Lipinski definition) is 1. The predicted octanol–water partition coefficient (Wildman–Crippen LogP) is 1.13. The molecule has 1 aromatic heterocycles. The van der Waals surface area contributed by atoms with Gasteiger partial charge in [0.05, 0.1) is 42.6 Å². The molecule has 8 nitrogen and oxygen atoms in total. The molecule has 0 spiro atoms. The molecule has 1 aromatic carbocycles. The molecule has 1 fully saturated rings. The second-order valence-corrected chi connectivity index (χ2v) is 6.48. The smallest absolute Gasteiger partial charge is 0.306 e. The van der Waals surface area contributed by atoms with Gasteiger partial charge in [-0.15, -0.1) is 5.10 Å². The van der Waals surface area contributed by atoms with Gasteiger partial charge in [0, 0.05) is 13.1 Å². The Labute approximate surface area is 151 Å². The number of rotatable bonds is 5. The number of aromatic nitrogens is 3. The van der Waals surface area contributed by atoms with E-state index in [2.05, 4.69) is 10.3 Å². The van der Waals surface area contributed by atoms with Crippen LogP contribution in [0.4, 0.5) is 0 Å². The van der Waals surface area contributed by atoms with E-state index in [4.69, 9.17) is 9.84 Å². The zero-order valence-corrected chi connectivity index (χ0v) is 14.9. The third-order valence-corrected chi connectivity index (χ3v) is 4.48. The first-order valence-corrected chi connectivity index (χ1v) is 8.53. The van der Waals surface area contributed by atoms with Crippen LogP contribution in [0.5, 0.6) is 0 Å². The summed E-state index contributed by atoms with van der Waals surface area (Å²) in [5.41, 5.74) is 3.49. The molecule has 1 aliphatic rings. The Morgan fingerprint density at radius 3 is 2.69 bits per heavy atom. The number of aliphatic carboxylic acids is 1. The van der Waals surface area contributed by atoms with Crippen LogP contribution in [0, 0.1) is 13.8 Å². The van der Waals surface area contributed by atoms with Gasteiger partial charge < -0.3 is 14.7 Å². The fourth-order valence-corrected chi connectivity index (χ4v) is 2.97. The molecule has 1 N–H and O–H groups in total. The van der Waals surface area contributed by atoms with Crippen LogP contribution in [0.3, 0.4) is 0 Å². The quantitative estimate of drug-likeness (QED) is 0.860. The molecule has 0 unspecified atom stereocenters. The Morgan fingerprint density at radius 1 is 1.27 bits per heavy atom. The van der Waals surface area contributed by atoms with Crippen LogP contribution >= 0.6 is 0 Å². The van der Waals surface area contributed by atoms with Gasteiger partial charge in [-0.1, -0.05) is 22.9 Å². The Morgan fingerprint density at radius 2 is 2.00 bits per heavy atom. The third kappa shape index (κ3) is 4.08. The van der Waals surface area contributed by atoms with Crippen molar-refractivity contribution in [3.05, 3.63) is 41.2 Å². The van der Waals surface area contributed by atoms with E-state index in [-0.39, 0.29) is 25.3 Å². The van der Waals surface area contributed by atoms with Gasteiger partial charge in [0.2, 0.25) is 5.91 Å². The van der Waals surface area contributed by atoms with E-state index in [1.807, 2.05) is 38.1 Å². The number of carbonyl (C=O) groups is 2. The van der Waals surface area contributed by atoms with Crippen LogP contribution in [0.1, 0.15) is 23.4 Å². The SMILES string of the molecule is Cc1ccc(-n2nnc(CC(=O)N3CCO[C@H](CC(=O)O)C3)c2C)cc1. The maximum absolute atomic E-state index is 12.6. The first kappa shape index (κ1) is 18.1. The van der Waals surface area contributed by atoms with Gasteiger partial charge in [-0.25, -0.2) is 4.68 Å². The van der Waals surface area contributed by atoms with Crippen LogP contribution in [-0.2, 0) is 20.7 Å². The van der Waals surface area contributed by atoms with Gasteiger partial charge in [-0.2, -0.15) is 0 Å². The van der Waals surface area contributed by atoms with Crippen LogP contribution in [0.15, 0.2) is 24.3 Å². The summed E-state index contributed by atoms with van der Waals surface area (Å²) >= 11 is 0. The average Bonchev–Trinajstić information content (AvgIpc) is 2.96. The zero-order valence-electron chi connectivity index (χ0n) is 14.9. The number of carbonyl (C=O) groups excluding carboxylic acids is 1. The molecule has 1 aliphatic heterocycles. The van der Waals surface area contributed by atoms with E-state index in [1.165, 1.54) is 0 Å². The minimum absolute atomic E-state index is 0.0947. The lowest BCUT2D eigenvalue weighted by atomic mass is 10.1. The molecule has 8 heteroatoms. The third-order valence-electron chi connectivity index (χ3n) is 4.48. The molecular formula is C18H22N4O4. The monoisotopic (exact) mass is 358 g/mol. The molecule has 26 heavy (non-hydrogen) atoms. The van der Waals surface area contributed by atoms with Gasteiger partial charge in [0.25, 0.3) is 0 Å². The molecule has 1 saturated heterocycles. The Balaban J connectivity index is 1.68. The number of aryl methyl sites for hydroxylation is 1. The largest absolute Gasteiger partial charge is 0.481 e. The van der Waals surface area contributed by atoms with Crippen LogP contribution < -0.4 is 0 Å². The van der Waals surface area contributed by atoms with Crippen molar-refractivity contribution < 1.29 is 19.4 Å². The predicted molar refractivity (Wildman–Crippen MR) is 93.1 cm³/mol. The van der Waals surface area contributed by atoms with E-state index in [0.717, 1.165) is 16.9 Å². The molecule has 0 aliphatic carbocycles. The Kier molecular flexibility index (Phi) is 5.32. The highest BCUT2D eigenvalue weighted by atomic mass is 16.5. The maximum atomic E-state index is 12.6. The lowest BCUT2D eigenvalue weighted by molar-refractivity contribution is -0.147. The Bertz CT molecular complexity index is 800. The molecule has 0 saturated carbocycles. The van der Waals surface area contributed by atoms with Crippen LogP contribution in [-0.4, -0.2) is 62.7 Å². The summed E-state index contributed by atoms with van der Waals surface area (Å²) in [4.78, 5) is 25.1. The van der Waals surface area contributed by atoms with Gasteiger partial charge in [0.1, 0.15) is 0 Å². The lowest BCUT2D eigenvalue weighted by Gasteiger charge is -2.32. The molecule has 138 valence electrons. The zero-order chi connectivity index (χ0) is 18.7. The molecule has 3 rings (SSSR count). The van der Waals surface area contributed by atoms with Crippen molar-refractivity contribution in [2.24, 2.45) is 0 Å². The van der Waals surface area contributed by atoms with Crippen molar-refractivity contribution in [2.45, 2.75) is 32.8 Å². The molecule has 0 bridgehead atoms. The van der Waals surface area contributed by atoms with Crippen molar-refractivity contribution in [3.8, 4) is 5.69 Å². The van der Waals surface area contributed by atoms with Crippen molar-refractivity contribution in [2.75, 3.05) is 19.7 Å². The van der Waals surface area contributed by atoms with Crippen molar-refractivity contribution in [3.63, 3.8) is 0 Å². The minimum atomic E-state index is -0.929. The highest BCUT2D eigenvalue weighted by Gasteiger charge is 2.27. The molecule has 2 aromatic rings. The Hall–Kier alpha value is -2.74. The van der Waals surface area contributed by atoms with Crippen molar-refractivity contribution in [1.29, 1.82) is 0 Å². The van der Waals surface area contributed by atoms with E-state index in [0.29, 0.717) is 18.8 Å². The number of carboxylic acid groups (broad SMARTS) is 1. The van der Waals surface area contributed by atoms with E-state index in [9.17, 15) is 9.59 Å². The molecule has 1 atom stereocenters. The standard InChI is InChI=1S/C18H22N4O4/c1-12-3-5-14(6-4-12)22-13(2)16(19-20-22)10-17(23)21-7-8-26-15(11-21)9-18(24)25/h3-6,15H,7-11H2,1-2H3,(H,24,25)/t15-/m1/s1. The highest BCUT2D eigenvalue weighted by molar-refractivity contribution is 5.79. The summed E-state index contributed by atoms with van der Waals surface area (Å²) in [6, 6.07) is 7.91. The van der Waals surface area contributed by atoms with E-state index < -0.39 is 12.1 Å². The minimum Gasteiger partial charge on any atom is -0.481 e. The number of amides is 1. The van der Waals surface area contributed by atoms with E-state index >= 15 is 0 Å². The fourth-order valence-electron chi connectivity index (χ4n) is 2.97. The number of ether oxygens (including phenoxy) is 1. The number of benzene rings is 1. The van der Waals surface area contributed by atoms with Gasteiger partial charge in [0.15, 0.2) is 0 Å². The molecule has 1 amide bonds. The second-order valence-electron chi connectivity index (χ2n) is 6.48. The topological polar surface area (TPSA) is 97.5 Å². The maximum Gasteiger partial charge on any atom is 0.306 e. The van der Waals surface area contributed by atoms with Crippen LogP contribution in [0.2, 0.25) is 0 Å².